The van der Waals surface area contributed by atoms with E-state index in [1.54, 1.807) is 12.1 Å². The Morgan fingerprint density at radius 3 is 2.52 bits per heavy atom. The number of rotatable bonds is 4. The van der Waals surface area contributed by atoms with Crippen LogP contribution in [0.2, 0.25) is 18.1 Å². The minimum atomic E-state index is -1.99. The van der Waals surface area contributed by atoms with Gasteiger partial charge in [0.2, 0.25) is 0 Å². The number of hydrogen-bond donors (Lipinski definition) is 2. The van der Waals surface area contributed by atoms with Gasteiger partial charge in [0, 0.05) is 0 Å². The summed E-state index contributed by atoms with van der Waals surface area (Å²) in [5.74, 6) is -0.617. The predicted molar refractivity (Wildman–Crippen MR) is 101 cm³/mol. The molecule has 6 nitrogen and oxygen atoms in total. The lowest BCUT2D eigenvalue weighted by Crippen LogP contribution is -2.50. The van der Waals surface area contributed by atoms with Gasteiger partial charge in [0.1, 0.15) is 0 Å². The van der Waals surface area contributed by atoms with E-state index in [0.717, 1.165) is 5.56 Å². The summed E-state index contributed by atoms with van der Waals surface area (Å²) in [4.78, 5) is 25.0. The average molecular weight is 365 g/mol. The van der Waals surface area contributed by atoms with Crippen LogP contribution in [0.1, 0.15) is 43.1 Å². The zero-order chi connectivity index (χ0) is 19.0. The topological polar surface area (TPSA) is 92.9 Å². The molecule has 1 unspecified atom stereocenters. The monoisotopic (exact) mass is 364 g/mol. The number of nitrogens with zero attached hydrogens (tertiary/aromatic N) is 1. The minimum Gasteiger partial charge on any atom is -0.465 e. The molecule has 0 aromatic heterocycles. The number of anilines is 1. The van der Waals surface area contributed by atoms with E-state index in [4.69, 9.17) is 10.2 Å². The lowest BCUT2D eigenvalue weighted by Gasteiger charge is -2.41. The van der Waals surface area contributed by atoms with Crippen LogP contribution >= 0.6 is 0 Å². The highest BCUT2D eigenvalue weighted by molar-refractivity contribution is 6.74. The molecular formula is C18H28N2O4Si. The number of carboxylic acid groups (broad SMARTS) is 1. The SMILES string of the molecule is CC(C)(C)[Si](C)(C)OCC1CCc2cccc(C(N)=O)c2N1C(=O)O. The van der Waals surface area contributed by atoms with Crippen LogP contribution < -0.4 is 10.6 Å². The molecule has 0 saturated heterocycles. The number of primary amides is 1. The van der Waals surface area contributed by atoms with Gasteiger partial charge in [-0.3, -0.25) is 9.69 Å². The summed E-state index contributed by atoms with van der Waals surface area (Å²) in [6, 6.07) is 4.85. The van der Waals surface area contributed by atoms with Gasteiger partial charge in [-0.25, -0.2) is 4.79 Å². The molecule has 0 radical (unpaired) electrons. The van der Waals surface area contributed by atoms with E-state index in [1.807, 2.05) is 6.07 Å². The van der Waals surface area contributed by atoms with Gasteiger partial charge in [-0.1, -0.05) is 32.9 Å². The molecule has 2 rings (SSSR count). The van der Waals surface area contributed by atoms with Crippen LogP contribution in [0.4, 0.5) is 10.5 Å². The van der Waals surface area contributed by atoms with E-state index in [9.17, 15) is 14.7 Å². The summed E-state index contributed by atoms with van der Waals surface area (Å²) in [7, 11) is -1.99. The molecule has 25 heavy (non-hydrogen) atoms. The predicted octanol–water partition coefficient (Wildman–Crippen LogP) is 3.61. The maximum absolute atomic E-state index is 12.0. The van der Waals surface area contributed by atoms with Gasteiger partial charge in [-0.05, 0) is 42.6 Å². The molecule has 0 bridgehead atoms. The first-order valence-electron chi connectivity index (χ1n) is 8.53. The second-order valence-corrected chi connectivity index (χ2v) is 12.9. The van der Waals surface area contributed by atoms with Crippen molar-refractivity contribution in [1.82, 2.24) is 0 Å². The third kappa shape index (κ3) is 3.87. The van der Waals surface area contributed by atoms with Gasteiger partial charge < -0.3 is 15.3 Å². The lowest BCUT2D eigenvalue weighted by molar-refractivity contribution is 0.100. The fourth-order valence-electron chi connectivity index (χ4n) is 2.84. The Balaban J connectivity index is 2.34. The van der Waals surface area contributed by atoms with Crippen LogP contribution in [0.25, 0.3) is 0 Å². The van der Waals surface area contributed by atoms with E-state index in [-0.39, 0.29) is 16.6 Å². The van der Waals surface area contributed by atoms with E-state index in [1.165, 1.54) is 4.90 Å². The zero-order valence-corrected chi connectivity index (χ0v) is 16.6. The largest absolute Gasteiger partial charge is 0.465 e. The van der Waals surface area contributed by atoms with Crippen molar-refractivity contribution in [2.75, 3.05) is 11.5 Å². The van der Waals surface area contributed by atoms with Crippen LogP contribution in [0.3, 0.4) is 0 Å². The van der Waals surface area contributed by atoms with Gasteiger partial charge in [0.15, 0.2) is 8.32 Å². The first kappa shape index (κ1) is 19.5. The smallest absolute Gasteiger partial charge is 0.412 e. The molecule has 7 heteroatoms. The van der Waals surface area contributed by atoms with Crippen molar-refractivity contribution in [2.24, 2.45) is 5.73 Å². The number of nitrogens with two attached hydrogens (primary N) is 1. The van der Waals surface area contributed by atoms with Crippen molar-refractivity contribution in [3.63, 3.8) is 0 Å². The molecule has 0 aliphatic carbocycles. The van der Waals surface area contributed by atoms with Gasteiger partial charge >= 0.3 is 6.09 Å². The summed E-state index contributed by atoms with van der Waals surface area (Å²) in [5.41, 5.74) is 6.96. The summed E-state index contributed by atoms with van der Waals surface area (Å²) >= 11 is 0. The first-order valence-corrected chi connectivity index (χ1v) is 11.4. The van der Waals surface area contributed by atoms with Gasteiger partial charge in [0.25, 0.3) is 5.91 Å². The maximum atomic E-state index is 12.0. The molecular weight excluding hydrogens is 336 g/mol. The number of carbonyl (C=O) groups excluding carboxylic acids is 1. The Kier molecular flexibility index (Phi) is 5.29. The fraction of sp³-hybridized carbons (Fsp3) is 0.556. The van der Waals surface area contributed by atoms with Gasteiger partial charge in [-0.2, -0.15) is 0 Å². The normalized spacial score (nSPS) is 18.0. The number of fused-ring (bicyclic) bond motifs is 1. The molecule has 1 aliphatic rings. The molecule has 0 fully saturated rings. The summed E-state index contributed by atoms with van der Waals surface area (Å²) < 4.78 is 6.25. The maximum Gasteiger partial charge on any atom is 0.412 e. The Bertz CT molecular complexity index is 682. The van der Waals surface area contributed by atoms with Crippen LogP contribution in [-0.4, -0.2) is 38.1 Å². The molecule has 0 saturated carbocycles. The zero-order valence-electron chi connectivity index (χ0n) is 15.6. The molecule has 0 spiro atoms. The molecule has 1 heterocycles. The first-order chi connectivity index (χ1) is 11.5. The molecule has 1 aromatic carbocycles. The van der Waals surface area contributed by atoms with Crippen molar-refractivity contribution in [1.29, 1.82) is 0 Å². The summed E-state index contributed by atoms with van der Waals surface area (Å²) in [6.07, 6.45) is 0.278. The van der Waals surface area contributed by atoms with Gasteiger partial charge in [-0.15, -0.1) is 0 Å². The summed E-state index contributed by atoms with van der Waals surface area (Å²) in [5, 5.41) is 9.83. The van der Waals surface area contributed by atoms with Crippen molar-refractivity contribution < 1.29 is 19.1 Å². The standard InChI is InChI=1S/C18H28N2O4Si/c1-18(2,3)25(4,5)24-11-13-10-9-12-7-6-8-14(16(19)21)15(12)20(13)17(22)23/h6-8,13H,9-11H2,1-5H3,(H2,19,21)(H,22,23). The van der Waals surface area contributed by atoms with E-state index < -0.39 is 20.3 Å². The van der Waals surface area contributed by atoms with E-state index in [0.29, 0.717) is 25.1 Å². The van der Waals surface area contributed by atoms with Crippen molar-refractivity contribution >= 4 is 26.0 Å². The van der Waals surface area contributed by atoms with Crippen LogP contribution in [0.15, 0.2) is 18.2 Å². The highest BCUT2D eigenvalue weighted by atomic mass is 28.4. The minimum absolute atomic E-state index is 0.0476. The summed E-state index contributed by atoms with van der Waals surface area (Å²) in [6.45, 7) is 11.1. The van der Waals surface area contributed by atoms with Crippen LogP contribution in [0, 0.1) is 0 Å². The molecule has 1 aromatic rings. The number of aryl methyl sites for hydroxylation is 1. The number of carbonyl (C=O) groups is 2. The van der Waals surface area contributed by atoms with Crippen LogP contribution in [0.5, 0.6) is 0 Å². The Labute approximate surface area is 150 Å². The Morgan fingerprint density at radius 2 is 2.00 bits per heavy atom. The van der Waals surface area contributed by atoms with E-state index in [2.05, 4.69) is 33.9 Å². The molecule has 2 amide bonds. The fourth-order valence-corrected chi connectivity index (χ4v) is 3.88. The number of hydrogen-bond acceptors (Lipinski definition) is 3. The third-order valence-electron chi connectivity index (χ3n) is 5.39. The number of amides is 2. The highest BCUT2D eigenvalue weighted by Crippen LogP contribution is 2.38. The number of para-hydroxylation sites is 1. The molecule has 138 valence electrons. The molecule has 1 aliphatic heterocycles. The van der Waals surface area contributed by atoms with Crippen molar-refractivity contribution in [3.05, 3.63) is 29.3 Å². The highest BCUT2D eigenvalue weighted by Gasteiger charge is 2.40. The van der Waals surface area contributed by atoms with E-state index >= 15 is 0 Å². The Hall–Kier alpha value is -1.86. The molecule has 3 N–H and O–H groups in total. The number of benzene rings is 1. The average Bonchev–Trinajstić information content (AvgIpc) is 2.50. The van der Waals surface area contributed by atoms with Crippen molar-refractivity contribution in [2.45, 2.75) is 57.8 Å². The third-order valence-corrected chi connectivity index (χ3v) is 9.89. The lowest BCUT2D eigenvalue weighted by atomic mass is 9.93. The quantitative estimate of drug-likeness (QED) is 0.798. The van der Waals surface area contributed by atoms with Crippen molar-refractivity contribution in [3.8, 4) is 0 Å². The van der Waals surface area contributed by atoms with Gasteiger partial charge in [0.05, 0.1) is 23.9 Å². The second kappa shape index (κ2) is 6.80. The van der Waals surface area contributed by atoms with Crippen LogP contribution in [-0.2, 0) is 10.8 Å². The second-order valence-electron chi connectivity index (χ2n) is 8.09. The Morgan fingerprint density at radius 1 is 1.36 bits per heavy atom. The molecule has 1 atom stereocenters.